The highest BCUT2D eigenvalue weighted by Crippen LogP contribution is 2.52. The van der Waals surface area contributed by atoms with Gasteiger partial charge in [0.15, 0.2) is 10.9 Å². The summed E-state index contributed by atoms with van der Waals surface area (Å²) in [5.41, 5.74) is 0.962. The normalized spacial score (nSPS) is 23.4. The molecule has 1 aliphatic carbocycles. The van der Waals surface area contributed by atoms with Gasteiger partial charge in [-0.05, 0) is 49.1 Å². The van der Waals surface area contributed by atoms with Crippen LogP contribution in [0.3, 0.4) is 0 Å². The van der Waals surface area contributed by atoms with Crippen LogP contribution in [0.4, 0.5) is 5.69 Å². The number of nitro groups is 1. The van der Waals surface area contributed by atoms with Crippen molar-refractivity contribution < 1.29 is 19.2 Å². The zero-order valence-corrected chi connectivity index (χ0v) is 20.8. The predicted octanol–water partition coefficient (Wildman–Crippen LogP) is 5.09. The van der Waals surface area contributed by atoms with Crippen molar-refractivity contribution in [3.05, 3.63) is 45.0 Å². The first-order valence-corrected chi connectivity index (χ1v) is 12.5. The highest BCUT2D eigenvalue weighted by atomic mass is 32.2. The zero-order valence-electron chi connectivity index (χ0n) is 19.1. The molecule has 0 N–H and O–H groups in total. The van der Waals surface area contributed by atoms with E-state index in [0.29, 0.717) is 15.8 Å². The predicted molar refractivity (Wildman–Crippen MR) is 126 cm³/mol. The van der Waals surface area contributed by atoms with Crippen molar-refractivity contribution in [2.75, 3.05) is 13.2 Å². The van der Waals surface area contributed by atoms with Crippen LogP contribution in [0.5, 0.6) is 0 Å². The number of esters is 1. The third-order valence-electron chi connectivity index (χ3n) is 6.25. The van der Waals surface area contributed by atoms with Crippen LogP contribution in [-0.4, -0.2) is 45.9 Å². The smallest absolute Gasteiger partial charge is 0.338 e. The second kappa shape index (κ2) is 8.72. The molecule has 2 aliphatic rings. The lowest BCUT2D eigenvalue weighted by atomic mass is 9.65. The van der Waals surface area contributed by atoms with Gasteiger partial charge in [0.05, 0.1) is 15.4 Å². The van der Waals surface area contributed by atoms with Crippen molar-refractivity contribution in [3.63, 3.8) is 0 Å². The Bertz CT molecular complexity index is 1120. The second-order valence-corrected chi connectivity index (χ2v) is 12.3. The second-order valence-electron chi connectivity index (χ2n) is 10.1. The van der Waals surface area contributed by atoms with Crippen molar-refractivity contribution in [2.45, 2.75) is 62.2 Å². The third kappa shape index (κ3) is 5.22. The van der Waals surface area contributed by atoms with Gasteiger partial charge in [-0.1, -0.05) is 32.5 Å². The maximum absolute atomic E-state index is 12.8. The molecule has 2 fully saturated rings. The van der Waals surface area contributed by atoms with Crippen molar-refractivity contribution >= 4 is 40.7 Å². The van der Waals surface area contributed by atoms with E-state index in [2.05, 4.69) is 25.8 Å². The number of ether oxygens (including phenoxy) is 1. The molecule has 0 radical (unpaired) electrons. The van der Waals surface area contributed by atoms with Crippen molar-refractivity contribution in [2.24, 2.45) is 10.8 Å². The Morgan fingerprint density at radius 2 is 2.09 bits per heavy atom. The van der Waals surface area contributed by atoms with Gasteiger partial charge in [-0.15, -0.1) is 11.3 Å². The van der Waals surface area contributed by atoms with Gasteiger partial charge in [0.2, 0.25) is 0 Å². The zero-order chi connectivity index (χ0) is 24.0. The molecular formula is C23H27N3O5S2. The summed E-state index contributed by atoms with van der Waals surface area (Å²) < 4.78 is 5.95. The summed E-state index contributed by atoms with van der Waals surface area (Å²) in [6.07, 6.45) is 2.97. The number of hydrogen-bond donors (Lipinski definition) is 0. The molecule has 1 amide bonds. The molecule has 33 heavy (non-hydrogen) atoms. The van der Waals surface area contributed by atoms with Crippen LogP contribution < -0.4 is 0 Å². The molecule has 4 rings (SSSR count). The fraction of sp³-hybridized carbons (Fsp3) is 0.522. The molecule has 176 valence electrons. The summed E-state index contributed by atoms with van der Waals surface area (Å²) in [6, 6.07) is 4.36. The van der Waals surface area contributed by atoms with Gasteiger partial charge in [-0.3, -0.25) is 14.9 Å². The van der Waals surface area contributed by atoms with E-state index in [9.17, 15) is 19.7 Å². The topological polar surface area (TPSA) is 103 Å². The molecule has 2 atom stereocenters. The number of thiazole rings is 1. The van der Waals surface area contributed by atoms with Crippen LogP contribution in [0, 0.1) is 27.9 Å². The lowest BCUT2D eigenvalue weighted by Crippen LogP contribution is -2.39. The summed E-state index contributed by atoms with van der Waals surface area (Å²) in [6.45, 7) is 8.84. The maximum Gasteiger partial charge on any atom is 0.338 e. The number of carbonyl (C=O) groups excluding carboxylic acids is 2. The number of likely N-dealkylation sites (tertiary alicyclic amines) is 1. The average Bonchev–Trinajstić information content (AvgIpc) is 3.24. The number of fused-ring (bicyclic) bond motifs is 2. The monoisotopic (exact) mass is 489 g/mol. The summed E-state index contributed by atoms with van der Waals surface area (Å²) in [7, 11) is 0. The van der Waals surface area contributed by atoms with Gasteiger partial charge in [0.25, 0.3) is 11.6 Å². The molecule has 0 spiro atoms. The van der Waals surface area contributed by atoms with Crippen LogP contribution in [0.2, 0.25) is 0 Å². The van der Waals surface area contributed by atoms with Gasteiger partial charge < -0.3 is 9.64 Å². The molecule has 2 aromatic rings. The van der Waals surface area contributed by atoms with Crippen molar-refractivity contribution in [3.8, 4) is 0 Å². The number of carbonyl (C=O) groups is 2. The number of aromatic nitrogens is 1. The van der Waals surface area contributed by atoms with Gasteiger partial charge in [-0.2, -0.15) is 0 Å². The number of nitrogens with zero attached hydrogens (tertiary/aromatic N) is 3. The molecular weight excluding hydrogens is 462 g/mol. The summed E-state index contributed by atoms with van der Waals surface area (Å²) in [5.74, 6) is -0.961. The molecule has 1 aromatic carbocycles. The summed E-state index contributed by atoms with van der Waals surface area (Å²) in [5, 5.41) is 13.5. The van der Waals surface area contributed by atoms with E-state index in [0.717, 1.165) is 25.0 Å². The van der Waals surface area contributed by atoms with E-state index in [1.165, 1.54) is 41.3 Å². The SMILES string of the molecule is Cc1csc(Sc2ccc(C(=O)OCC(=O)N3CC4(C)CC3CC(C)(C)C4)cc2[N+](=O)[O-])n1. The van der Waals surface area contributed by atoms with Crippen LogP contribution in [-0.2, 0) is 9.53 Å². The molecule has 1 aliphatic heterocycles. The highest BCUT2D eigenvalue weighted by Gasteiger charge is 2.50. The number of hydrogen-bond acceptors (Lipinski definition) is 8. The standard InChI is InChI=1S/C23H27N3O5S2/c1-14-11-32-21(24-14)33-18-6-5-15(7-17(18)26(29)30)20(28)31-10-19(27)25-13-23(4)9-16(25)8-22(2,3)12-23/h5-7,11,16H,8-10,12-13H2,1-4H3. The molecule has 10 heteroatoms. The number of benzene rings is 1. The van der Waals surface area contributed by atoms with Crippen LogP contribution >= 0.6 is 23.1 Å². The van der Waals surface area contributed by atoms with E-state index in [1.807, 2.05) is 17.2 Å². The molecule has 1 aromatic heterocycles. The van der Waals surface area contributed by atoms with Crippen LogP contribution in [0.15, 0.2) is 32.8 Å². The Kier molecular flexibility index (Phi) is 6.26. The molecule has 1 saturated carbocycles. The van der Waals surface area contributed by atoms with Gasteiger partial charge >= 0.3 is 5.97 Å². The molecule has 2 unspecified atom stereocenters. The Morgan fingerprint density at radius 3 is 2.76 bits per heavy atom. The molecule has 1 saturated heterocycles. The summed E-state index contributed by atoms with van der Waals surface area (Å²) in [4.78, 5) is 43.0. The fourth-order valence-electron chi connectivity index (χ4n) is 5.39. The summed E-state index contributed by atoms with van der Waals surface area (Å²) >= 11 is 2.58. The van der Waals surface area contributed by atoms with E-state index in [1.54, 1.807) is 0 Å². The quantitative estimate of drug-likeness (QED) is 0.316. The first-order chi connectivity index (χ1) is 15.4. The lowest BCUT2D eigenvalue weighted by Gasteiger charge is -2.39. The third-order valence-corrected chi connectivity index (χ3v) is 8.37. The molecule has 2 bridgehead atoms. The Hall–Kier alpha value is -2.46. The van der Waals surface area contributed by atoms with Crippen LogP contribution in [0.1, 0.15) is 56.1 Å². The minimum atomic E-state index is -0.748. The minimum Gasteiger partial charge on any atom is -0.452 e. The fourth-order valence-corrected chi connectivity index (χ4v) is 7.27. The minimum absolute atomic E-state index is 0.0439. The molecule has 2 heterocycles. The lowest BCUT2D eigenvalue weighted by molar-refractivity contribution is -0.387. The first kappa shape index (κ1) is 23.7. The molecule has 8 nitrogen and oxygen atoms in total. The first-order valence-electron chi connectivity index (χ1n) is 10.8. The van der Waals surface area contributed by atoms with Gasteiger partial charge in [0, 0.05) is 29.7 Å². The Labute approximate surface area is 200 Å². The van der Waals surface area contributed by atoms with E-state index < -0.39 is 10.9 Å². The maximum atomic E-state index is 12.8. The number of nitro benzene ring substituents is 1. The van der Waals surface area contributed by atoms with E-state index in [-0.39, 0.29) is 40.6 Å². The van der Waals surface area contributed by atoms with E-state index >= 15 is 0 Å². The highest BCUT2D eigenvalue weighted by molar-refractivity contribution is 8.01. The number of amides is 1. The average molecular weight is 490 g/mol. The largest absolute Gasteiger partial charge is 0.452 e. The number of aryl methyl sites for hydroxylation is 1. The van der Waals surface area contributed by atoms with Gasteiger partial charge in [-0.25, -0.2) is 9.78 Å². The number of rotatable bonds is 6. The van der Waals surface area contributed by atoms with Gasteiger partial charge in [0.1, 0.15) is 0 Å². The van der Waals surface area contributed by atoms with Crippen LogP contribution in [0.25, 0.3) is 0 Å². The van der Waals surface area contributed by atoms with Crippen molar-refractivity contribution in [1.29, 1.82) is 0 Å². The van der Waals surface area contributed by atoms with E-state index in [4.69, 9.17) is 4.74 Å². The van der Waals surface area contributed by atoms with Crippen molar-refractivity contribution in [1.82, 2.24) is 9.88 Å². The Balaban J connectivity index is 1.42. The Morgan fingerprint density at radius 1 is 1.33 bits per heavy atom.